The Labute approximate surface area is 73.6 Å². The summed E-state index contributed by atoms with van der Waals surface area (Å²) in [6.45, 7) is 2.27. The van der Waals surface area contributed by atoms with Gasteiger partial charge >= 0.3 is 0 Å². The molecule has 0 saturated heterocycles. The van der Waals surface area contributed by atoms with E-state index < -0.39 is 0 Å². The quantitative estimate of drug-likeness (QED) is 0.441. The van der Waals surface area contributed by atoms with E-state index in [1.165, 1.54) is 19.3 Å². The molecule has 1 heteroatoms. The lowest BCUT2D eigenvalue weighted by molar-refractivity contribution is 0.257. The largest absolute Gasteiger partial charge is 0.126 e. The molecule has 0 aromatic carbocycles. The topological polar surface area (TPSA) is 0 Å². The van der Waals surface area contributed by atoms with Gasteiger partial charge < -0.3 is 0 Å². The minimum absolute atomic E-state index is 0.473. The highest BCUT2D eigenvalue weighted by Crippen LogP contribution is 2.54. The van der Waals surface area contributed by atoms with Gasteiger partial charge in [-0.1, -0.05) is 19.1 Å². The number of halogens is 1. The average molecular weight is 171 g/mol. The molecule has 1 fully saturated rings. The van der Waals surface area contributed by atoms with Crippen molar-refractivity contribution in [2.45, 2.75) is 26.2 Å². The van der Waals surface area contributed by atoms with Gasteiger partial charge in [0.1, 0.15) is 0 Å². The highest BCUT2D eigenvalue weighted by molar-refractivity contribution is 6.18. The predicted octanol–water partition coefficient (Wildman–Crippen LogP) is 3.22. The lowest BCUT2D eigenvalue weighted by Gasteiger charge is -2.32. The van der Waals surface area contributed by atoms with Crippen LogP contribution in [-0.2, 0) is 0 Å². The monoisotopic (exact) mass is 170 g/mol. The summed E-state index contributed by atoms with van der Waals surface area (Å²) in [5, 5.41) is 0. The second kappa shape index (κ2) is 2.52. The van der Waals surface area contributed by atoms with Gasteiger partial charge in [0.2, 0.25) is 0 Å². The SMILES string of the molecule is CCC1(CCl)CC2C=CC1C2. The number of fused-ring (bicyclic) bond motifs is 2. The van der Waals surface area contributed by atoms with E-state index in [0.29, 0.717) is 5.41 Å². The Balaban J connectivity index is 2.21. The molecule has 2 aliphatic carbocycles. The first-order valence-corrected chi connectivity index (χ1v) is 5.08. The average Bonchev–Trinajstić information content (AvgIpc) is 2.62. The molecule has 0 nitrogen and oxygen atoms in total. The van der Waals surface area contributed by atoms with E-state index in [4.69, 9.17) is 11.6 Å². The van der Waals surface area contributed by atoms with Crippen LogP contribution in [0.2, 0.25) is 0 Å². The Hall–Kier alpha value is 0.0300. The molecule has 1 saturated carbocycles. The van der Waals surface area contributed by atoms with Crippen molar-refractivity contribution in [1.29, 1.82) is 0 Å². The lowest BCUT2D eigenvalue weighted by atomic mass is 9.75. The van der Waals surface area contributed by atoms with Crippen LogP contribution in [-0.4, -0.2) is 5.88 Å². The van der Waals surface area contributed by atoms with Gasteiger partial charge in [-0.2, -0.15) is 0 Å². The minimum Gasteiger partial charge on any atom is -0.126 e. The Bertz CT molecular complexity index is 179. The summed E-state index contributed by atoms with van der Waals surface area (Å²) in [5.74, 6) is 2.52. The molecule has 11 heavy (non-hydrogen) atoms. The first-order chi connectivity index (χ1) is 5.30. The van der Waals surface area contributed by atoms with Crippen LogP contribution in [0.5, 0.6) is 0 Å². The van der Waals surface area contributed by atoms with Crippen molar-refractivity contribution in [3.8, 4) is 0 Å². The molecule has 3 unspecified atom stereocenters. The maximum Gasteiger partial charge on any atom is 0.0285 e. The van der Waals surface area contributed by atoms with E-state index in [0.717, 1.165) is 17.7 Å². The fourth-order valence-electron chi connectivity index (χ4n) is 2.71. The summed E-state index contributed by atoms with van der Waals surface area (Å²) in [6.07, 6.45) is 8.74. The van der Waals surface area contributed by atoms with Crippen molar-refractivity contribution in [1.82, 2.24) is 0 Å². The van der Waals surface area contributed by atoms with E-state index >= 15 is 0 Å². The van der Waals surface area contributed by atoms with E-state index in [1.807, 2.05) is 0 Å². The summed E-state index contributed by atoms with van der Waals surface area (Å²) in [4.78, 5) is 0. The van der Waals surface area contributed by atoms with Crippen molar-refractivity contribution in [3.63, 3.8) is 0 Å². The van der Waals surface area contributed by atoms with Crippen LogP contribution in [0, 0.1) is 17.3 Å². The van der Waals surface area contributed by atoms with Crippen LogP contribution >= 0.6 is 11.6 Å². The third-order valence-corrected chi connectivity index (χ3v) is 4.13. The highest BCUT2D eigenvalue weighted by Gasteiger charge is 2.46. The summed E-state index contributed by atoms with van der Waals surface area (Å²) in [5.41, 5.74) is 0.473. The molecule has 2 bridgehead atoms. The van der Waals surface area contributed by atoms with Crippen molar-refractivity contribution in [2.24, 2.45) is 17.3 Å². The number of rotatable bonds is 2. The zero-order valence-corrected chi connectivity index (χ0v) is 7.77. The van der Waals surface area contributed by atoms with E-state index in [-0.39, 0.29) is 0 Å². The smallest absolute Gasteiger partial charge is 0.0285 e. The van der Waals surface area contributed by atoms with Gasteiger partial charge in [0.15, 0.2) is 0 Å². The van der Waals surface area contributed by atoms with Gasteiger partial charge in [-0.05, 0) is 36.5 Å². The Kier molecular flexibility index (Phi) is 1.75. The zero-order chi connectivity index (χ0) is 7.90. The van der Waals surface area contributed by atoms with Gasteiger partial charge in [-0.25, -0.2) is 0 Å². The number of alkyl halides is 1. The molecule has 0 aliphatic heterocycles. The van der Waals surface area contributed by atoms with Gasteiger partial charge in [0.25, 0.3) is 0 Å². The van der Waals surface area contributed by atoms with Crippen LogP contribution in [0.1, 0.15) is 26.2 Å². The van der Waals surface area contributed by atoms with Crippen molar-refractivity contribution < 1.29 is 0 Å². The molecule has 0 spiro atoms. The first-order valence-electron chi connectivity index (χ1n) is 4.55. The fourth-order valence-corrected chi connectivity index (χ4v) is 3.20. The highest BCUT2D eigenvalue weighted by atomic mass is 35.5. The van der Waals surface area contributed by atoms with Crippen LogP contribution < -0.4 is 0 Å². The molecule has 2 aliphatic rings. The first kappa shape index (κ1) is 7.67. The second-order valence-electron chi connectivity index (χ2n) is 4.04. The summed E-state index contributed by atoms with van der Waals surface area (Å²) >= 11 is 6.02. The molecular formula is C10H15Cl. The van der Waals surface area contributed by atoms with Crippen LogP contribution in [0.15, 0.2) is 12.2 Å². The normalized spacial score (nSPS) is 47.1. The molecular weight excluding hydrogens is 156 g/mol. The van der Waals surface area contributed by atoms with Crippen molar-refractivity contribution in [2.75, 3.05) is 5.88 Å². The molecule has 0 amide bonds. The summed E-state index contributed by atoms with van der Waals surface area (Å²) < 4.78 is 0. The van der Waals surface area contributed by atoms with Crippen LogP contribution in [0.3, 0.4) is 0 Å². The van der Waals surface area contributed by atoms with Crippen LogP contribution in [0.25, 0.3) is 0 Å². The molecule has 0 aromatic rings. The summed E-state index contributed by atoms with van der Waals surface area (Å²) in [6, 6.07) is 0. The molecule has 62 valence electrons. The second-order valence-corrected chi connectivity index (χ2v) is 4.31. The lowest BCUT2D eigenvalue weighted by Crippen LogP contribution is -2.26. The maximum absolute atomic E-state index is 6.02. The van der Waals surface area contributed by atoms with Crippen molar-refractivity contribution in [3.05, 3.63) is 12.2 Å². The fraction of sp³-hybridized carbons (Fsp3) is 0.800. The standard InChI is InChI=1S/C10H15Cl/c1-2-10(7-11)6-8-3-4-9(10)5-8/h3-4,8-9H,2,5-7H2,1H3. The van der Waals surface area contributed by atoms with E-state index in [2.05, 4.69) is 19.1 Å². The molecule has 2 rings (SSSR count). The molecule has 0 heterocycles. The Morgan fingerprint density at radius 2 is 2.36 bits per heavy atom. The number of allylic oxidation sites excluding steroid dienone is 2. The van der Waals surface area contributed by atoms with Gasteiger partial charge in [0, 0.05) is 5.88 Å². The number of hydrogen-bond acceptors (Lipinski definition) is 0. The molecule has 0 aromatic heterocycles. The summed E-state index contributed by atoms with van der Waals surface area (Å²) in [7, 11) is 0. The Morgan fingerprint density at radius 1 is 1.55 bits per heavy atom. The third-order valence-electron chi connectivity index (χ3n) is 3.60. The maximum atomic E-state index is 6.02. The van der Waals surface area contributed by atoms with Crippen LogP contribution in [0.4, 0.5) is 0 Å². The third kappa shape index (κ3) is 0.955. The predicted molar refractivity (Wildman–Crippen MR) is 48.8 cm³/mol. The molecule has 0 radical (unpaired) electrons. The van der Waals surface area contributed by atoms with Gasteiger partial charge in [-0.3, -0.25) is 0 Å². The zero-order valence-electron chi connectivity index (χ0n) is 7.02. The molecule has 3 atom stereocenters. The minimum atomic E-state index is 0.473. The Morgan fingerprint density at radius 3 is 2.64 bits per heavy atom. The molecule has 0 N–H and O–H groups in total. The van der Waals surface area contributed by atoms with Gasteiger partial charge in [-0.15, -0.1) is 11.6 Å². The van der Waals surface area contributed by atoms with Crippen molar-refractivity contribution >= 4 is 11.6 Å². The van der Waals surface area contributed by atoms with E-state index in [9.17, 15) is 0 Å². The van der Waals surface area contributed by atoms with Gasteiger partial charge in [0.05, 0.1) is 0 Å². The number of hydrogen-bond donors (Lipinski definition) is 0. The van der Waals surface area contributed by atoms with E-state index in [1.54, 1.807) is 0 Å².